The van der Waals surface area contributed by atoms with Gasteiger partial charge in [-0.05, 0) is 29.7 Å². The summed E-state index contributed by atoms with van der Waals surface area (Å²) in [6.07, 6.45) is 0.382. The van der Waals surface area contributed by atoms with Crippen molar-refractivity contribution >= 4 is 17.4 Å². The van der Waals surface area contributed by atoms with Crippen molar-refractivity contribution in [2.24, 2.45) is 0 Å². The van der Waals surface area contributed by atoms with E-state index in [0.717, 1.165) is 21.7 Å². The quantitative estimate of drug-likeness (QED) is 0.804. The van der Waals surface area contributed by atoms with Crippen LogP contribution in [0.4, 0.5) is 0 Å². The lowest BCUT2D eigenvalue weighted by atomic mass is 10.1. The van der Waals surface area contributed by atoms with Crippen LogP contribution in [0, 0.1) is 6.92 Å². The van der Waals surface area contributed by atoms with Gasteiger partial charge in [0.2, 0.25) is 0 Å². The molecule has 2 rings (SSSR count). The Hall–Kier alpha value is -1.64. The number of hydrogen-bond donors (Lipinski definition) is 0. The third-order valence-electron chi connectivity index (χ3n) is 3.00. The van der Waals surface area contributed by atoms with Crippen LogP contribution in [-0.2, 0) is 22.6 Å². The molecule has 0 radical (unpaired) electrons. The van der Waals surface area contributed by atoms with Crippen LogP contribution < -0.4 is 0 Å². The van der Waals surface area contributed by atoms with Gasteiger partial charge >= 0.3 is 0 Å². The molecule has 0 aliphatic rings. The number of benzene rings is 2. The van der Waals surface area contributed by atoms with Crippen LogP contribution in [0.15, 0.2) is 48.5 Å². The topological polar surface area (TPSA) is 26.3 Å². The molecular weight excluding hydrogens is 272 g/mol. The molecule has 2 nitrogen and oxygen atoms in total. The molecule has 2 aromatic carbocycles. The van der Waals surface area contributed by atoms with E-state index in [9.17, 15) is 4.79 Å². The molecule has 0 saturated heterocycles. The molecule has 0 bridgehead atoms. The Bertz CT molecular complexity index is 579. The van der Waals surface area contributed by atoms with Crippen LogP contribution >= 0.6 is 11.6 Å². The van der Waals surface area contributed by atoms with Crippen LogP contribution in [0.1, 0.15) is 16.7 Å². The number of carbonyl (C=O) groups excluding carboxylic acids is 1. The molecule has 2 aromatic rings. The standard InChI is InChI=1S/C17H17ClO2/c1-13-9-15(7-8-17(13)18)10-16(19)12-20-11-14-5-3-2-4-6-14/h2-9H,10-12H2,1H3. The average Bonchev–Trinajstić information content (AvgIpc) is 2.44. The van der Waals surface area contributed by atoms with E-state index in [2.05, 4.69) is 0 Å². The van der Waals surface area contributed by atoms with Gasteiger partial charge in [-0.3, -0.25) is 4.79 Å². The fourth-order valence-corrected chi connectivity index (χ4v) is 2.07. The van der Waals surface area contributed by atoms with E-state index < -0.39 is 0 Å². The van der Waals surface area contributed by atoms with Gasteiger partial charge in [-0.25, -0.2) is 0 Å². The summed E-state index contributed by atoms with van der Waals surface area (Å²) in [5, 5.41) is 0.724. The van der Waals surface area contributed by atoms with Crippen molar-refractivity contribution in [3.63, 3.8) is 0 Å². The minimum absolute atomic E-state index is 0.0719. The van der Waals surface area contributed by atoms with Gasteiger partial charge in [0, 0.05) is 11.4 Å². The van der Waals surface area contributed by atoms with E-state index in [1.54, 1.807) is 0 Å². The summed E-state index contributed by atoms with van der Waals surface area (Å²) < 4.78 is 5.43. The summed E-state index contributed by atoms with van der Waals surface area (Å²) in [5.74, 6) is 0.0719. The summed E-state index contributed by atoms with van der Waals surface area (Å²) in [7, 11) is 0. The van der Waals surface area contributed by atoms with Crippen LogP contribution in [0.2, 0.25) is 5.02 Å². The van der Waals surface area contributed by atoms with E-state index in [0.29, 0.717) is 13.0 Å². The van der Waals surface area contributed by atoms with Crippen LogP contribution in [0.5, 0.6) is 0 Å². The zero-order valence-electron chi connectivity index (χ0n) is 11.4. The molecule has 0 aromatic heterocycles. The molecule has 0 amide bonds. The normalized spacial score (nSPS) is 10.5. The predicted octanol–water partition coefficient (Wildman–Crippen LogP) is 3.98. The summed E-state index contributed by atoms with van der Waals surface area (Å²) in [6.45, 7) is 2.53. The molecule has 0 unspecified atom stereocenters. The Labute approximate surface area is 124 Å². The number of hydrogen-bond acceptors (Lipinski definition) is 2. The monoisotopic (exact) mass is 288 g/mol. The van der Waals surface area contributed by atoms with Gasteiger partial charge < -0.3 is 4.74 Å². The number of rotatable bonds is 6. The highest BCUT2D eigenvalue weighted by Crippen LogP contribution is 2.16. The molecule has 0 atom stereocenters. The number of ketones is 1. The SMILES string of the molecule is Cc1cc(CC(=O)COCc2ccccc2)ccc1Cl. The van der Waals surface area contributed by atoms with Gasteiger partial charge in [0.1, 0.15) is 6.61 Å². The summed E-state index contributed by atoms with van der Waals surface area (Å²) in [5.41, 5.74) is 3.03. The molecule has 0 fully saturated rings. The highest BCUT2D eigenvalue weighted by molar-refractivity contribution is 6.31. The maximum absolute atomic E-state index is 11.8. The summed E-state index contributed by atoms with van der Waals surface area (Å²) >= 11 is 5.96. The maximum Gasteiger partial charge on any atom is 0.162 e. The van der Waals surface area contributed by atoms with Crippen molar-refractivity contribution in [1.29, 1.82) is 0 Å². The van der Waals surface area contributed by atoms with E-state index in [4.69, 9.17) is 16.3 Å². The fourth-order valence-electron chi connectivity index (χ4n) is 1.95. The van der Waals surface area contributed by atoms with Crippen molar-refractivity contribution in [2.45, 2.75) is 20.0 Å². The molecule has 0 N–H and O–H groups in total. The average molecular weight is 289 g/mol. The lowest BCUT2D eigenvalue weighted by Crippen LogP contribution is -2.11. The maximum atomic E-state index is 11.8. The molecule has 20 heavy (non-hydrogen) atoms. The van der Waals surface area contributed by atoms with Crippen LogP contribution in [-0.4, -0.2) is 12.4 Å². The first kappa shape index (κ1) is 14.8. The van der Waals surface area contributed by atoms with E-state index in [1.807, 2.05) is 55.5 Å². The first-order valence-electron chi connectivity index (χ1n) is 6.53. The predicted molar refractivity (Wildman–Crippen MR) is 81.0 cm³/mol. The number of carbonyl (C=O) groups is 1. The first-order valence-corrected chi connectivity index (χ1v) is 6.91. The van der Waals surface area contributed by atoms with Gasteiger partial charge in [-0.15, -0.1) is 0 Å². The minimum atomic E-state index is 0.0719. The second-order valence-corrected chi connectivity index (χ2v) is 5.18. The minimum Gasteiger partial charge on any atom is -0.369 e. The van der Waals surface area contributed by atoms with Crippen molar-refractivity contribution in [3.05, 3.63) is 70.2 Å². The third kappa shape index (κ3) is 4.48. The molecule has 0 aliphatic heterocycles. The second-order valence-electron chi connectivity index (χ2n) is 4.78. The van der Waals surface area contributed by atoms with E-state index in [1.165, 1.54) is 0 Å². The molecule has 0 spiro atoms. The highest BCUT2D eigenvalue weighted by Gasteiger charge is 2.05. The van der Waals surface area contributed by atoms with Crippen molar-refractivity contribution < 1.29 is 9.53 Å². The lowest BCUT2D eigenvalue weighted by molar-refractivity contribution is -0.123. The van der Waals surface area contributed by atoms with Gasteiger partial charge in [-0.2, -0.15) is 0 Å². The van der Waals surface area contributed by atoms with Crippen molar-refractivity contribution in [3.8, 4) is 0 Å². The zero-order chi connectivity index (χ0) is 14.4. The summed E-state index contributed by atoms with van der Waals surface area (Å²) in [4.78, 5) is 11.8. The molecule has 3 heteroatoms. The number of ether oxygens (including phenoxy) is 1. The highest BCUT2D eigenvalue weighted by atomic mass is 35.5. The Kier molecular flexibility index (Phi) is 5.33. The third-order valence-corrected chi connectivity index (χ3v) is 3.42. The Morgan fingerprint density at radius 1 is 1.10 bits per heavy atom. The van der Waals surface area contributed by atoms with Crippen molar-refractivity contribution in [2.75, 3.05) is 6.61 Å². The van der Waals surface area contributed by atoms with Gasteiger partial charge in [0.15, 0.2) is 5.78 Å². The van der Waals surface area contributed by atoms with Gasteiger partial charge in [0.25, 0.3) is 0 Å². The second kappa shape index (κ2) is 7.22. The molecule has 0 aliphatic carbocycles. The lowest BCUT2D eigenvalue weighted by Gasteiger charge is -2.05. The first-order chi connectivity index (χ1) is 9.65. The smallest absolute Gasteiger partial charge is 0.162 e. The number of aryl methyl sites for hydroxylation is 1. The van der Waals surface area contributed by atoms with Crippen LogP contribution in [0.3, 0.4) is 0 Å². The van der Waals surface area contributed by atoms with Gasteiger partial charge in [0.05, 0.1) is 6.61 Å². The van der Waals surface area contributed by atoms with Crippen molar-refractivity contribution in [1.82, 2.24) is 0 Å². The summed E-state index contributed by atoms with van der Waals surface area (Å²) in [6, 6.07) is 15.5. The Morgan fingerprint density at radius 3 is 2.55 bits per heavy atom. The van der Waals surface area contributed by atoms with E-state index >= 15 is 0 Å². The number of halogens is 1. The number of Topliss-reactive ketones (excluding diaryl/α,β-unsaturated/α-hetero) is 1. The van der Waals surface area contributed by atoms with Gasteiger partial charge in [-0.1, -0.05) is 54.1 Å². The largest absolute Gasteiger partial charge is 0.369 e. The fraction of sp³-hybridized carbons (Fsp3) is 0.235. The molecule has 0 saturated carbocycles. The molecule has 104 valence electrons. The van der Waals surface area contributed by atoms with E-state index in [-0.39, 0.29) is 12.4 Å². The molecule has 0 heterocycles. The van der Waals surface area contributed by atoms with Crippen LogP contribution in [0.25, 0.3) is 0 Å². The molecular formula is C17H17ClO2. The zero-order valence-corrected chi connectivity index (χ0v) is 12.2. The Balaban J connectivity index is 1.79. The Morgan fingerprint density at radius 2 is 1.85 bits per heavy atom.